The minimum Gasteiger partial charge on any atom is -0.362 e. The van der Waals surface area contributed by atoms with Gasteiger partial charge in [-0.15, -0.1) is 0 Å². The predicted octanol–water partition coefficient (Wildman–Crippen LogP) is 1.19. The molecule has 0 saturated carbocycles. The van der Waals surface area contributed by atoms with Crippen LogP contribution < -0.4 is 4.90 Å². The average molecular weight is 149 g/mol. The van der Waals surface area contributed by atoms with Gasteiger partial charge in [0.1, 0.15) is 12.1 Å². The van der Waals surface area contributed by atoms with E-state index in [1.807, 2.05) is 19.0 Å². The summed E-state index contributed by atoms with van der Waals surface area (Å²) in [6, 6.07) is 0. The summed E-state index contributed by atoms with van der Waals surface area (Å²) in [5, 5.41) is 0. The van der Waals surface area contributed by atoms with Crippen LogP contribution in [-0.2, 0) is 0 Å². The van der Waals surface area contributed by atoms with Crippen molar-refractivity contribution in [3.05, 3.63) is 24.7 Å². The Balaban J connectivity index is 3.12. The SMILES string of the molecule is C=Cc1cncnc1N(C)C. The van der Waals surface area contributed by atoms with E-state index in [1.165, 1.54) is 6.33 Å². The van der Waals surface area contributed by atoms with Crippen LogP contribution in [0.5, 0.6) is 0 Å². The molecule has 0 unspecified atom stereocenters. The predicted molar refractivity (Wildman–Crippen MR) is 46.5 cm³/mol. The Labute approximate surface area is 66.4 Å². The highest BCUT2D eigenvalue weighted by atomic mass is 15.1. The Morgan fingerprint density at radius 1 is 1.55 bits per heavy atom. The van der Waals surface area contributed by atoms with Crippen LogP contribution in [0.4, 0.5) is 5.82 Å². The van der Waals surface area contributed by atoms with E-state index in [4.69, 9.17) is 0 Å². The van der Waals surface area contributed by atoms with Gasteiger partial charge in [-0.25, -0.2) is 9.97 Å². The third-order valence-corrected chi connectivity index (χ3v) is 1.36. The summed E-state index contributed by atoms with van der Waals surface area (Å²) in [5.41, 5.74) is 0.956. The van der Waals surface area contributed by atoms with Crippen LogP contribution in [0, 0.1) is 0 Å². The Morgan fingerprint density at radius 2 is 2.27 bits per heavy atom. The van der Waals surface area contributed by atoms with Crippen molar-refractivity contribution in [2.45, 2.75) is 0 Å². The highest BCUT2D eigenvalue weighted by Gasteiger charge is 2.00. The summed E-state index contributed by atoms with van der Waals surface area (Å²) in [7, 11) is 3.88. The Kier molecular flexibility index (Phi) is 2.21. The highest BCUT2D eigenvalue weighted by molar-refractivity contribution is 5.60. The van der Waals surface area contributed by atoms with E-state index in [-0.39, 0.29) is 0 Å². The van der Waals surface area contributed by atoms with Crippen molar-refractivity contribution in [3.8, 4) is 0 Å². The Bertz CT molecular complexity index is 255. The lowest BCUT2D eigenvalue weighted by Gasteiger charge is -2.12. The molecule has 0 aliphatic carbocycles. The largest absolute Gasteiger partial charge is 0.362 e. The standard InChI is InChI=1S/C8H11N3/c1-4-7-5-9-6-10-8(7)11(2)3/h4-6H,1H2,2-3H3. The van der Waals surface area contributed by atoms with Gasteiger partial charge < -0.3 is 4.90 Å². The van der Waals surface area contributed by atoms with Gasteiger partial charge in [0, 0.05) is 25.9 Å². The molecule has 0 N–H and O–H groups in total. The van der Waals surface area contributed by atoms with Crippen LogP contribution in [-0.4, -0.2) is 24.1 Å². The summed E-state index contributed by atoms with van der Waals surface area (Å²) in [6.07, 6.45) is 5.02. The second-order valence-electron chi connectivity index (χ2n) is 2.40. The average Bonchev–Trinajstić information content (AvgIpc) is 2.04. The fourth-order valence-electron chi connectivity index (χ4n) is 0.852. The smallest absolute Gasteiger partial charge is 0.138 e. The van der Waals surface area contributed by atoms with Crippen LogP contribution in [0.25, 0.3) is 6.08 Å². The molecule has 0 aliphatic heterocycles. The molecule has 0 radical (unpaired) electrons. The van der Waals surface area contributed by atoms with Gasteiger partial charge in [-0.1, -0.05) is 12.7 Å². The lowest BCUT2D eigenvalue weighted by molar-refractivity contribution is 1.03. The van der Waals surface area contributed by atoms with Crippen molar-refractivity contribution < 1.29 is 0 Å². The minimum atomic E-state index is 0.898. The van der Waals surface area contributed by atoms with Gasteiger partial charge in [0.2, 0.25) is 0 Å². The normalized spacial score (nSPS) is 9.27. The molecule has 58 valence electrons. The first-order valence-electron chi connectivity index (χ1n) is 3.35. The molecule has 0 aromatic carbocycles. The van der Waals surface area contributed by atoms with Crippen LogP contribution in [0.2, 0.25) is 0 Å². The van der Waals surface area contributed by atoms with E-state index in [1.54, 1.807) is 12.3 Å². The molecule has 0 amide bonds. The van der Waals surface area contributed by atoms with Crippen molar-refractivity contribution in [1.82, 2.24) is 9.97 Å². The number of rotatable bonds is 2. The monoisotopic (exact) mass is 149 g/mol. The second kappa shape index (κ2) is 3.14. The first-order chi connectivity index (χ1) is 5.25. The summed E-state index contributed by atoms with van der Waals surface area (Å²) < 4.78 is 0. The molecule has 0 aliphatic rings. The van der Waals surface area contributed by atoms with E-state index in [0.717, 1.165) is 11.4 Å². The number of hydrogen-bond acceptors (Lipinski definition) is 3. The first-order valence-corrected chi connectivity index (χ1v) is 3.35. The molecular formula is C8H11N3. The third kappa shape index (κ3) is 1.55. The van der Waals surface area contributed by atoms with Crippen molar-refractivity contribution in [3.63, 3.8) is 0 Å². The lowest BCUT2D eigenvalue weighted by Crippen LogP contribution is -2.12. The van der Waals surface area contributed by atoms with Gasteiger partial charge in [0.15, 0.2) is 0 Å². The summed E-state index contributed by atoms with van der Waals surface area (Å²) in [5.74, 6) is 0.898. The van der Waals surface area contributed by atoms with E-state index in [9.17, 15) is 0 Å². The van der Waals surface area contributed by atoms with Crippen molar-refractivity contribution >= 4 is 11.9 Å². The summed E-state index contributed by atoms with van der Waals surface area (Å²) >= 11 is 0. The fourth-order valence-corrected chi connectivity index (χ4v) is 0.852. The molecule has 0 atom stereocenters. The maximum absolute atomic E-state index is 4.09. The Hall–Kier alpha value is -1.38. The molecule has 3 nitrogen and oxygen atoms in total. The lowest BCUT2D eigenvalue weighted by atomic mass is 10.3. The molecule has 0 fully saturated rings. The first kappa shape index (κ1) is 7.72. The highest BCUT2D eigenvalue weighted by Crippen LogP contribution is 2.13. The zero-order chi connectivity index (χ0) is 8.27. The van der Waals surface area contributed by atoms with Gasteiger partial charge in [0.25, 0.3) is 0 Å². The molecule has 0 saturated heterocycles. The molecule has 0 bridgehead atoms. The zero-order valence-corrected chi connectivity index (χ0v) is 6.78. The minimum absolute atomic E-state index is 0.898. The number of aromatic nitrogens is 2. The van der Waals surface area contributed by atoms with E-state index in [2.05, 4.69) is 16.5 Å². The molecule has 1 rings (SSSR count). The van der Waals surface area contributed by atoms with E-state index >= 15 is 0 Å². The van der Waals surface area contributed by atoms with Crippen molar-refractivity contribution in [1.29, 1.82) is 0 Å². The van der Waals surface area contributed by atoms with Crippen molar-refractivity contribution in [2.75, 3.05) is 19.0 Å². The third-order valence-electron chi connectivity index (χ3n) is 1.36. The van der Waals surface area contributed by atoms with Crippen LogP contribution in [0.3, 0.4) is 0 Å². The van der Waals surface area contributed by atoms with E-state index in [0.29, 0.717) is 0 Å². The number of anilines is 1. The van der Waals surface area contributed by atoms with Gasteiger partial charge in [-0.2, -0.15) is 0 Å². The maximum atomic E-state index is 4.09. The molecule has 1 heterocycles. The summed E-state index contributed by atoms with van der Waals surface area (Å²) in [6.45, 7) is 3.67. The fraction of sp³-hybridized carbons (Fsp3) is 0.250. The molecule has 11 heavy (non-hydrogen) atoms. The molecule has 3 heteroatoms. The Morgan fingerprint density at radius 3 is 2.73 bits per heavy atom. The number of hydrogen-bond donors (Lipinski definition) is 0. The topological polar surface area (TPSA) is 29.0 Å². The van der Waals surface area contributed by atoms with E-state index < -0.39 is 0 Å². The van der Waals surface area contributed by atoms with Gasteiger partial charge in [-0.3, -0.25) is 0 Å². The number of nitrogens with zero attached hydrogens (tertiary/aromatic N) is 3. The quantitative estimate of drug-likeness (QED) is 0.632. The molecular weight excluding hydrogens is 138 g/mol. The summed E-state index contributed by atoms with van der Waals surface area (Å²) in [4.78, 5) is 9.91. The van der Waals surface area contributed by atoms with Crippen LogP contribution in [0.1, 0.15) is 5.56 Å². The molecule has 1 aromatic heterocycles. The van der Waals surface area contributed by atoms with Crippen molar-refractivity contribution in [2.24, 2.45) is 0 Å². The van der Waals surface area contributed by atoms with Gasteiger partial charge in [-0.05, 0) is 0 Å². The zero-order valence-electron chi connectivity index (χ0n) is 6.78. The molecule has 0 spiro atoms. The second-order valence-corrected chi connectivity index (χ2v) is 2.40. The van der Waals surface area contributed by atoms with Crippen LogP contribution >= 0.6 is 0 Å². The van der Waals surface area contributed by atoms with Crippen LogP contribution in [0.15, 0.2) is 19.1 Å². The maximum Gasteiger partial charge on any atom is 0.138 e. The van der Waals surface area contributed by atoms with Gasteiger partial charge in [0.05, 0.1) is 0 Å². The van der Waals surface area contributed by atoms with Gasteiger partial charge >= 0.3 is 0 Å². The molecule has 1 aromatic rings.